The van der Waals surface area contributed by atoms with Crippen LogP contribution in [0.25, 0.3) is 16.6 Å². The zero-order valence-electron chi connectivity index (χ0n) is 14.4. The Labute approximate surface area is 173 Å². The van der Waals surface area contributed by atoms with Crippen LogP contribution in [-0.4, -0.2) is 25.4 Å². The standard InChI is InChI=1S/C19H12Cl2FN3O2S/c1-24-9-11(8-23-24)25-16-13(5-6-14(20)15(16)22)17(18(25)21)28-12-4-2-3-10(7-12)19(26)27/h2-9H,1H3,(H,26,27). The van der Waals surface area contributed by atoms with Gasteiger partial charge in [0.2, 0.25) is 0 Å². The minimum absolute atomic E-state index is 0.0174. The fourth-order valence-corrected chi connectivity index (χ4v) is 4.50. The lowest BCUT2D eigenvalue weighted by atomic mass is 10.2. The summed E-state index contributed by atoms with van der Waals surface area (Å²) >= 11 is 13.9. The molecule has 0 atom stereocenters. The number of aryl methyl sites for hydroxylation is 1. The second-order valence-electron chi connectivity index (χ2n) is 6.02. The molecule has 9 heteroatoms. The molecule has 0 aliphatic rings. The van der Waals surface area contributed by atoms with E-state index in [2.05, 4.69) is 5.10 Å². The number of halogens is 3. The smallest absolute Gasteiger partial charge is 0.335 e. The molecule has 0 aliphatic carbocycles. The summed E-state index contributed by atoms with van der Waals surface area (Å²) in [6.45, 7) is 0. The number of carbonyl (C=O) groups is 1. The highest BCUT2D eigenvalue weighted by Crippen LogP contribution is 2.44. The summed E-state index contributed by atoms with van der Waals surface area (Å²) in [7, 11) is 1.75. The zero-order chi connectivity index (χ0) is 20.0. The van der Waals surface area contributed by atoms with Crippen molar-refractivity contribution in [3.8, 4) is 5.69 Å². The van der Waals surface area contributed by atoms with E-state index in [1.54, 1.807) is 53.0 Å². The van der Waals surface area contributed by atoms with E-state index in [1.807, 2.05) is 0 Å². The second-order valence-corrected chi connectivity index (χ2v) is 7.87. The summed E-state index contributed by atoms with van der Waals surface area (Å²) in [5.41, 5.74) is 0.985. The van der Waals surface area contributed by atoms with Crippen LogP contribution in [0.4, 0.5) is 4.39 Å². The molecule has 0 amide bonds. The average molecular weight is 436 g/mol. The van der Waals surface area contributed by atoms with Gasteiger partial charge in [0.1, 0.15) is 5.15 Å². The molecule has 28 heavy (non-hydrogen) atoms. The molecule has 0 unspecified atom stereocenters. The molecule has 0 aliphatic heterocycles. The third-order valence-corrected chi connectivity index (χ3v) is 6.04. The van der Waals surface area contributed by atoms with Crippen molar-refractivity contribution < 1.29 is 14.3 Å². The first-order chi connectivity index (χ1) is 13.4. The van der Waals surface area contributed by atoms with Crippen molar-refractivity contribution in [2.75, 3.05) is 0 Å². The number of carboxylic acid groups (broad SMARTS) is 1. The van der Waals surface area contributed by atoms with E-state index in [1.165, 1.54) is 23.9 Å². The Morgan fingerprint density at radius 1 is 1.25 bits per heavy atom. The highest BCUT2D eigenvalue weighted by molar-refractivity contribution is 7.99. The van der Waals surface area contributed by atoms with Crippen molar-refractivity contribution in [3.05, 3.63) is 70.3 Å². The Balaban J connectivity index is 1.95. The summed E-state index contributed by atoms with van der Waals surface area (Å²) < 4.78 is 18.1. The number of nitrogens with zero attached hydrogens (tertiary/aromatic N) is 3. The van der Waals surface area contributed by atoms with Gasteiger partial charge in [0, 0.05) is 23.5 Å². The fraction of sp³-hybridized carbons (Fsp3) is 0.0526. The van der Waals surface area contributed by atoms with E-state index in [-0.39, 0.29) is 21.3 Å². The van der Waals surface area contributed by atoms with Crippen LogP contribution in [0.5, 0.6) is 0 Å². The van der Waals surface area contributed by atoms with Gasteiger partial charge in [-0.25, -0.2) is 9.18 Å². The molecule has 2 heterocycles. The summed E-state index contributed by atoms with van der Waals surface area (Å²) in [4.78, 5) is 12.5. The van der Waals surface area contributed by atoms with Gasteiger partial charge in [-0.3, -0.25) is 9.25 Å². The van der Waals surface area contributed by atoms with Crippen molar-refractivity contribution in [1.29, 1.82) is 0 Å². The summed E-state index contributed by atoms with van der Waals surface area (Å²) in [6, 6.07) is 9.64. The summed E-state index contributed by atoms with van der Waals surface area (Å²) in [5, 5.41) is 14.2. The van der Waals surface area contributed by atoms with Crippen LogP contribution >= 0.6 is 35.0 Å². The molecule has 5 nitrogen and oxygen atoms in total. The summed E-state index contributed by atoms with van der Waals surface area (Å²) in [5.74, 6) is -1.61. The molecular weight excluding hydrogens is 424 g/mol. The predicted molar refractivity (Wildman–Crippen MR) is 108 cm³/mol. The number of benzene rings is 2. The molecule has 0 radical (unpaired) electrons. The van der Waals surface area contributed by atoms with Gasteiger partial charge in [0.05, 0.1) is 32.9 Å². The summed E-state index contributed by atoms with van der Waals surface area (Å²) in [6.07, 6.45) is 3.29. The van der Waals surface area contributed by atoms with Gasteiger partial charge in [-0.05, 0) is 30.3 Å². The third kappa shape index (κ3) is 3.15. The fourth-order valence-electron chi connectivity index (χ4n) is 2.93. The van der Waals surface area contributed by atoms with Crippen LogP contribution < -0.4 is 0 Å². The molecule has 4 aromatic rings. The first-order valence-electron chi connectivity index (χ1n) is 8.05. The molecule has 0 spiro atoms. The lowest BCUT2D eigenvalue weighted by molar-refractivity contribution is 0.0696. The number of aromatic nitrogens is 3. The van der Waals surface area contributed by atoms with Crippen LogP contribution in [0.2, 0.25) is 10.2 Å². The quantitative estimate of drug-likeness (QED) is 0.449. The Morgan fingerprint density at radius 2 is 2.04 bits per heavy atom. The van der Waals surface area contributed by atoms with Crippen molar-refractivity contribution in [1.82, 2.24) is 14.3 Å². The van der Waals surface area contributed by atoms with Gasteiger partial charge in [0.15, 0.2) is 5.82 Å². The van der Waals surface area contributed by atoms with Crippen molar-refractivity contribution in [2.45, 2.75) is 9.79 Å². The van der Waals surface area contributed by atoms with E-state index in [4.69, 9.17) is 23.2 Å². The number of hydrogen-bond donors (Lipinski definition) is 1. The van der Waals surface area contributed by atoms with E-state index in [9.17, 15) is 14.3 Å². The maximum Gasteiger partial charge on any atom is 0.335 e. The molecule has 0 saturated heterocycles. The Kier molecular flexibility index (Phi) is 4.82. The molecular formula is C19H12Cl2FN3O2S. The van der Waals surface area contributed by atoms with Crippen LogP contribution in [0, 0.1) is 5.82 Å². The third-order valence-electron chi connectivity index (χ3n) is 4.17. The van der Waals surface area contributed by atoms with Crippen molar-refractivity contribution >= 4 is 51.8 Å². The van der Waals surface area contributed by atoms with E-state index in [0.29, 0.717) is 20.9 Å². The highest BCUT2D eigenvalue weighted by atomic mass is 35.5. The van der Waals surface area contributed by atoms with Gasteiger partial charge in [0.25, 0.3) is 0 Å². The first kappa shape index (κ1) is 18.9. The molecule has 0 saturated carbocycles. The normalized spacial score (nSPS) is 11.3. The number of carboxylic acids is 1. The minimum atomic E-state index is -1.02. The van der Waals surface area contributed by atoms with Crippen LogP contribution in [-0.2, 0) is 7.05 Å². The number of fused-ring (bicyclic) bond motifs is 1. The lowest BCUT2D eigenvalue weighted by Crippen LogP contribution is -1.95. The van der Waals surface area contributed by atoms with Gasteiger partial charge in [-0.1, -0.05) is 41.0 Å². The maximum atomic E-state index is 14.9. The first-order valence-corrected chi connectivity index (χ1v) is 9.62. The zero-order valence-corrected chi connectivity index (χ0v) is 16.7. The number of aromatic carboxylic acids is 1. The van der Waals surface area contributed by atoms with Crippen LogP contribution in [0.15, 0.2) is 58.6 Å². The SMILES string of the molecule is Cn1cc(-n2c(Cl)c(Sc3cccc(C(=O)O)c3)c3ccc(Cl)c(F)c32)cn1. The Bertz CT molecular complexity index is 1240. The lowest BCUT2D eigenvalue weighted by Gasteiger charge is -2.05. The predicted octanol–water partition coefficient (Wildman–Crippen LogP) is 5.66. The van der Waals surface area contributed by atoms with Gasteiger partial charge < -0.3 is 5.11 Å². The van der Waals surface area contributed by atoms with Crippen molar-refractivity contribution in [3.63, 3.8) is 0 Å². The second kappa shape index (κ2) is 7.16. The highest BCUT2D eigenvalue weighted by Gasteiger charge is 2.23. The van der Waals surface area contributed by atoms with Gasteiger partial charge in [-0.2, -0.15) is 5.10 Å². The number of hydrogen-bond acceptors (Lipinski definition) is 3. The minimum Gasteiger partial charge on any atom is -0.478 e. The van der Waals surface area contributed by atoms with Crippen LogP contribution in [0.3, 0.4) is 0 Å². The monoisotopic (exact) mass is 435 g/mol. The topological polar surface area (TPSA) is 60.0 Å². The van der Waals surface area contributed by atoms with Gasteiger partial charge in [-0.15, -0.1) is 0 Å². The Hall–Kier alpha value is -2.48. The average Bonchev–Trinajstić information content (AvgIpc) is 3.20. The van der Waals surface area contributed by atoms with E-state index < -0.39 is 11.8 Å². The molecule has 0 bridgehead atoms. The van der Waals surface area contributed by atoms with Gasteiger partial charge >= 0.3 is 5.97 Å². The molecule has 2 aromatic carbocycles. The van der Waals surface area contributed by atoms with E-state index in [0.717, 1.165) is 0 Å². The molecule has 142 valence electrons. The Morgan fingerprint density at radius 3 is 2.71 bits per heavy atom. The molecule has 0 fully saturated rings. The molecule has 4 rings (SSSR count). The van der Waals surface area contributed by atoms with Crippen LogP contribution in [0.1, 0.15) is 10.4 Å². The van der Waals surface area contributed by atoms with E-state index >= 15 is 0 Å². The molecule has 1 N–H and O–H groups in total. The maximum absolute atomic E-state index is 14.9. The molecule has 2 aromatic heterocycles. The largest absolute Gasteiger partial charge is 0.478 e. The number of rotatable bonds is 4. The van der Waals surface area contributed by atoms with Crippen molar-refractivity contribution in [2.24, 2.45) is 7.05 Å².